The van der Waals surface area contributed by atoms with Gasteiger partial charge in [-0.1, -0.05) is 50.2 Å². The summed E-state index contributed by atoms with van der Waals surface area (Å²) < 4.78 is 1.76. The summed E-state index contributed by atoms with van der Waals surface area (Å²) in [6.07, 6.45) is 4.26. The van der Waals surface area contributed by atoms with Crippen LogP contribution in [-0.2, 0) is 17.8 Å². The van der Waals surface area contributed by atoms with Crippen molar-refractivity contribution in [3.63, 3.8) is 0 Å². The van der Waals surface area contributed by atoms with Crippen molar-refractivity contribution in [3.05, 3.63) is 77.9 Å². The van der Waals surface area contributed by atoms with Gasteiger partial charge >= 0.3 is 0 Å². The molecule has 1 heterocycles. The van der Waals surface area contributed by atoms with E-state index in [0.29, 0.717) is 12.5 Å². The Kier molecular flexibility index (Phi) is 6.01. The molecule has 0 aliphatic rings. The molecule has 0 aliphatic carbocycles. The third kappa shape index (κ3) is 5.26. The lowest BCUT2D eigenvalue weighted by Crippen LogP contribution is -2.18. The molecule has 0 aliphatic heterocycles. The van der Waals surface area contributed by atoms with Crippen molar-refractivity contribution in [1.82, 2.24) is 14.8 Å². The second-order valence-corrected chi connectivity index (χ2v) is 7.34. The smallest absolute Gasteiger partial charge is 0.231 e. The fourth-order valence-corrected chi connectivity index (χ4v) is 3.01. The molecular weight excluding hydrogens is 336 g/mol. The predicted octanol–water partition coefficient (Wildman–Crippen LogP) is 4.27. The second kappa shape index (κ2) is 8.62. The largest absolute Gasteiger partial charge is 0.326 e. The number of carbonyl (C=O) groups is 1. The van der Waals surface area contributed by atoms with Gasteiger partial charge in [-0.05, 0) is 48.1 Å². The number of aromatic nitrogens is 3. The first-order valence-corrected chi connectivity index (χ1v) is 9.32. The zero-order chi connectivity index (χ0) is 19.2. The van der Waals surface area contributed by atoms with Gasteiger partial charge in [0.2, 0.25) is 5.91 Å². The topological polar surface area (TPSA) is 59.8 Å². The average Bonchev–Trinajstić information content (AvgIpc) is 3.16. The van der Waals surface area contributed by atoms with E-state index in [2.05, 4.69) is 53.5 Å². The second-order valence-electron chi connectivity index (χ2n) is 7.34. The molecule has 1 atom stereocenters. The van der Waals surface area contributed by atoms with Crippen molar-refractivity contribution < 1.29 is 4.79 Å². The molecule has 5 heteroatoms. The van der Waals surface area contributed by atoms with Crippen LogP contribution in [0.4, 0.5) is 5.69 Å². The number of hydrogen-bond donors (Lipinski definition) is 1. The molecule has 1 N–H and O–H groups in total. The van der Waals surface area contributed by atoms with Gasteiger partial charge in [0.1, 0.15) is 12.7 Å². The van der Waals surface area contributed by atoms with Crippen molar-refractivity contribution in [1.29, 1.82) is 0 Å². The van der Waals surface area contributed by atoms with E-state index in [4.69, 9.17) is 0 Å². The highest BCUT2D eigenvalue weighted by molar-refractivity contribution is 5.95. The number of nitrogens with one attached hydrogen (secondary N) is 1. The van der Waals surface area contributed by atoms with Crippen LogP contribution >= 0.6 is 0 Å². The molecule has 3 rings (SSSR count). The summed E-state index contributed by atoms with van der Waals surface area (Å²) in [5.74, 6) is 0.424. The summed E-state index contributed by atoms with van der Waals surface area (Å²) in [5.41, 5.74) is 4.24. The van der Waals surface area contributed by atoms with Gasteiger partial charge in [0.15, 0.2) is 0 Å². The molecule has 0 spiro atoms. The maximum absolute atomic E-state index is 12.6. The van der Waals surface area contributed by atoms with E-state index in [0.717, 1.165) is 23.2 Å². The minimum Gasteiger partial charge on any atom is -0.326 e. The van der Waals surface area contributed by atoms with Gasteiger partial charge in [0.05, 0.1) is 12.5 Å². The molecule has 0 bridgehead atoms. The number of amides is 1. The fourth-order valence-electron chi connectivity index (χ4n) is 3.01. The van der Waals surface area contributed by atoms with E-state index in [-0.39, 0.29) is 11.8 Å². The Morgan fingerprint density at radius 2 is 1.67 bits per heavy atom. The van der Waals surface area contributed by atoms with Crippen LogP contribution in [0.3, 0.4) is 0 Å². The minimum atomic E-state index is -0.201. The zero-order valence-corrected chi connectivity index (χ0v) is 16.1. The molecule has 0 unspecified atom stereocenters. The van der Waals surface area contributed by atoms with Crippen molar-refractivity contribution >= 4 is 11.6 Å². The summed E-state index contributed by atoms with van der Waals surface area (Å²) >= 11 is 0. The Labute approximate surface area is 160 Å². The van der Waals surface area contributed by atoms with Gasteiger partial charge in [-0.2, -0.15) is 5.10 Å². The quantitative estimate of drug-likeness (QED) is 0.683. The molecule has 1 amide bonds. The van der Waals surface area contributed by atoms with Crippen LogP contribution < -0.4 is 5.32 Å². The van der Waals surface area contributed by atoms with Gasteiger partial charge in [-0.15, -0.1) is 0 Å². The van der Waals surface area contributed by atoms with Crippen LogP contribution in [0.2, 0.25) is 0 Å². The number of anilines is 1. The molecule has 3 aromatic rings. The fraction of sp³-hybridized carbons (Fsp3) is 0.318. The van der Waals surface area contributed by atoms with Crippen molar-refractivity contribution in [2.75, 3.05) is 5.32 Å². The van der Waals surface area contributed by atoms with Crippen LogP contribution in [0.15, 0.2) is 61.2 Å². The lowest BCUT2D eigenvalue weighted by molar-refractivity contribution is -0.117. The molecule has 0 fully saturated rings. The van der Waals surface area contributed by atoms with Crippen molar-refractivity contribution in [2.45, 2.75) is 39.7 Å². The van der Waals surface area contributed by atoms with Gasteiger partial charge in [-0.25, -0.2) is 9.67 Å². The van der Waals surface area contributed by atoms with E-state index in [1.807, 2.05) is 31.2 Å². The molecule has 5 nitrogen and oxygen atoms in total. The summed E-state index contributed by atoms with van der Waals surface area (Å²) in [6.45, 7) is 7.02. The van der Waals surface area contributed by atoms with E-state index < -0.39 is 0 Å². The first-order valence-electron chi connectivity index (χ1n) is 9.32. The predicted molar refractivity (Wildman–Crippen MR) is 108 cm³/mol. The third-order valence-electron chi connectivity index (χ3n) is 4.55. The summed E-state index contributed by atoms with van der Waals surface area (Å²) in [4.78, 5) is 16.5. The van der Waals surface area contributed by atoms with Crippen molar-refractivity contribution in [2.24, 2.45) is 5.92 Å². The Hall–Kier alpha value is -2.95. The molecule has 0 radical (unpaired) electrons. The first-order chi connectivity index (χ1) is 13.0. The van der Waals surface area contributed by atoms with Crippen LogP contribution in [0.1, 0.15) is 43.4 Å². The number of hydrogen-bond acceptors (Lipinski definition) is 3. The van der Waals surface area contributed by atoms with E-state index in [1.165, 1.54) is 11.9 Å². The Morgan fingerprint density at radius 1 is 1.00 bits per heavy atom. The molecule has 27 heavy (non-hydrogen) atoms. The third-order valence-corrected chi connectivity index (χ3v) is 4.55. The lowest BCUT2D eigenvalue weighted by atomic mass is 9.96. The number of carbonyl (C=O) groups excluding carboxylic acids is 1. The van der Waals surface area contributed by atoms with E-state index >= 15 is 0 Å². The molecule has 1 aromatic heterocycles. The molecule has 2 aromatic carbocycles. The maximum atomic E-state index is 12.6. The Bertz CT molecular complexity index is 852. The monoisotopic (exact) mass is 362 g/mol. The van der Waals surface area contributed by atoms with Gasteiger partial charge in [-0.3, -0.25) is 4.79 Å². The zero-order valence-electron chi connectivity index (χ0n) is 16.1. The number of nitrogens with zero attached hydrogens (tertiary/aromatic N) is 3. The number of rotatable bonds is 7. The summed E-state index contributed by atoms with van der Waals surface area (Å²) in [5, 5.41) is 7.10. The van der Waals surface area contributed by atoms with Crippen molar-refractivity contribution in [3.8, 4) is 0 Å². The highest BCUT2D eigenvalue weighted by atomic mass is 16.1. The first kappa shape index (κ1) is 18.8. The molecule has 0 saturated heterocycles. The average molecular weight is 362 g/mol. The highest BCUT2D eigenvalue weighted by Gasteiger charge is 2.15. The molecular formula is C22H26N4O. The SMILES string of the molecule is CC(C)Cc1ccc([C@@H](C)C(=O)Nc2ccc(Cn3cncn3)cc2)cc1. The van der Waals surface area contributed by atoms with Crippen LogP contribution in [0.25, 0.3) is 0 Å². The van der Waals surface area contributed by atoms with E-state index in [9.17, 15) is 4.79 Å². The number of benzene rings is 2. The van der Waals surface area contributed by atoms with Crippen LogP contribution in [0, 0.1) is 5.92 Å². The minimum absolute atomic E-state index is 0.00404. The standard InChI is InChI=1S/C22H26N4O/c1-16(2)12-18-4-8-20(9-5-18)17(3)22(27)25-21-10-6-19(7-11-21)13-26-15-23-14-24-26/h4-11,14-17H,12-13H2,1-3H3,(H,25,27)/t17-/m1/s1. The highest BCUT2D eigenvalue weighted by Crippen LogP contribution is 2.20. The van der Waals surface area contributed by atoms with E-state index in [1.54, 1.807) is 11.0 Å². The lowest BCUT2D eigenvalue weighted by Gasteiger charge is -2.14. The van der Waals surface area contributed by atoms with Crippen LogP contribution in [-0.4, -0.2) is 20.7 Å². The van der Waals surface area contributed by atoms with Crippen LogP contribution in [0.5, 0.6) is 0 Å². The molecule has 0 saturated carbocycles. The summed E-state index contributed by atoms with van der Waals surface area (Å²) in [7, 11) is 0. The maximum Gasteiger partial charge on any atom is 0.231 e. The summed E-state index contributed by atoms with van der Waals surface area (Å²) in [6, 6.07) is 16.2. The molecule has 140 valence electrons. The Morgan fingerprint density at radius 3 is 2.26 bits per heavy atom. The van der Waals surface area contributed by atoms with Gasteiger partial charge < -0.3 is 5.32 Å². The van der Waals surface area contributed by atoms with Gasteiger partial charge in [0.25, 0.3) is 0 Å². The Balaban J connectivity index is 1.59. The normalized spacial score (nSPS) is 12.1. The van der Waals surface area contributed by atoms with Gasteiger partial charge in [0, 0.05) is 5.69 Å².